The Morgan fingerprint density at radius 3 is 2.52 bits per heavy atom. The molecule has 1 unspecified atom stereocenters. The zero-order valence-electron chi connectivity index (χ0n) is 19.6. The molecule has 0 aliphatic carbocycles. The van der Waals surface area contributed by atoms with Gasteiger partial charge >= 0.3 is 6.09 Å². The number of nitrogens with zero attached hydrogens (tertiary/aromatic N) is 4. The van der Waals surface area contributed by atoms with Gasteiger partial charge in [0.15, 0.2) is 15.7 Å². The summed E-state index contributed by atoms with van der Waals surface area (Å²) in [5.74, 6) is 1.08. The van der Waals surface area contributed by atoms with E-state index in [1.54, 1.807) is 11.0 Å². The highest BCUT2D eigenvalue weighted by Crippen LogP contribution is 2.34. The van der Waals surface area contributed by atoms with Crippen molar-refractivity contribution in [2.45, 2.75) is 51.9 Å². The zero-order chi connectivity index (χ0) is 24.2. The fraction of sp³-hybridized carbons (Fsp3) is 0.619. The Kier molecular flexibility index (Phi) is 7.77. The molecule has 1 saturated heterocycles. The summed E-state index contributed by atoms with van der Waals surface area (Å²) in [6.45, 7) is 6.79. The van der Waals surface area contributed by atoms with Crippen LogP contribution >= 0.6 is 0 Å². The highest BCUT2D eigenvalue weighted by molar-refractivity contribution is 8.06. The maximum Gasteiger partial charge on any atom is 0.410 e. The van der Waals surface area contributed by atoms with Gasteiger partial charge in [0.1, 0.15) is 17.5 Å². The number of carbonyl (C=O) groups is 1. The second kappa shape index (κ2) is 10.4. The van der Waals surface area contributed by atoms with Gasteiger partial charge in [-0.15, -0.1) is 0 Å². The van der Waals surface area contributed by atoms with Crippen molar-refractivity contribution in [1.29, 1.82) is 0 Å². The molecule has 0 radical (unpaired) electrons. The third-order valence-corrected chi connectivity index (χ3v) is 6.32. The minimum atomic E-state index is -3.36. The molecule has 1 N–H and O–H groups in total. The summed E-state index contributed by atoms with van der Waals surface area (Å²) in [6.07, 6.45) is 4.73. The Balaban J connectivity index is 1.65. The SMILES string of the molecule is COc1c(NC2CN=C(S(C)(=O)=O)C=C2C)ncnc1OC1CCN(C(=O)OC(C)C)CC1. The summed E-state index contributed by atoms with van der Waals surface area (Å²) >= 11 is 0. The number of rotatable bonds is 6. The maximum absolute atomic E-state index is 12.1. The molecule has 182 valence electrons. The molecule has 0 bridgehead atoms. The number of likely N-dealkylation sites (tertiary alicyclic amines) is 1. The second-order valence-corrected chi connectivity index (χ2v) is 10.3. The van der Waals surface area contributed by atoms with E-state index >= 15 is 0 Å². The Morgan fingerprint density at radius 1 is 1.24 bits per heavy atom. The Bertz CT molecular complexity index is 1030. The fourth-order valence-corrected chi connectivity index (χ4v) is 4.24. The summed E-state index contributed by atoms with van der Waals surface area (Å²) < 4.78 is 40.4. The van der Waals surface area contributed by atoms with Gasteiger partial charge in [0.2, 0.25) is 5.75 Å². The Morgan fingerprint density at radius 2 is 1.94 bits per heavy atom. The molecule has 1 aromatic heterocycles. The molecule has 33 heavy (non-hydrogen) atoms. The van der Waals surface area contributed by atoms with E-state index in [1.165, 1.54) is 13.4 Å². The molecule has 1 atom stereocenters. The van der Waals surface area contributed by atoms with Crippen LogP contribution in [0.1, 0.15) is 33.6 Å². The molecule has 2 aliphatic rings. The van der Waals surface area contributed by atoms with E-state index < -0.39 is 9.84 Å². The largest absolute Gasteiger partial charge is 0.489 e. The number of anilines is 1. The highest BCUT2D eigenvalue weighted by Gasteiger charge is 2.28. The van der Waals surface area contributed by atoms with Crippen LogP contribution in [0, 0.1) is 0 Å². The second-order valence-electron chi connectivity index (χ2n) is 8.33. The minimum absolute atomic E-state index is 0.0698. The number of carbonyl (C=O) groups excluding carboxylic acids is 1. The maximum atomic E-state index is 12.1. The average molecular weight is 482 g/mol. The topological polar surface area (TPSA) is 132 Å². The standard InChI is InChI=1S/C21H31N5O6S/c1-13(2)31-21(27)26-8-6-15(7-9-26)32-20-18(30-4)19(23-12-24-20)25-16-11-22-17(10-14(16)3)33(5,28)29/h10,12-13,15-16H,6-9,11H2,1-5H3,(H,23,24,25). The molecule has 0 spiro atoms. The lowest BCUT2D eigenvalue weighted by Crippen LogP contribution is -2.42. The number of hydrogen-bond donors (Lipinski definition) is 1. The number of dihydropyridines is 1. The molecular formula is C21H31N5O6S. The molecule has 0 aromatic carbocycles. The average Bonchev–Trinajstić information content (AvgIpc) is 2.74. The van der Waals surface area contributed by atoms with E-state index in [0.717, 1.165) is 11.8 Å². The van der Waals surface area contributed by atoms with E-state index in [-0.39, 0.29) is 35.9 Å². The van der Waals surface area contributed by atoms with Crippen LogP contribution in [0.4, 0.5) is 10.6 Å². The number of piperidine rings is 1. The molecule has 1 aromatic rings. The van der Waals surface area contributed by atoms with Gasteiger partial charge in [0.25, 0.3) is 5.88 Å². The van der Waals surface area contributed by atoms with Gasteiger partial charge in [-0.05, 0) is 32.4 Å². The number of nitrogens with one attached hydrogen (secondary N) is 1. The molecule has 1 fully saturated rings. The van der Waals surface area contributed by atoms with Crippen molar-refractivity contribution in [3.63, 3.8) is 0 Å². The minimum Gasteiger partial charge on any atom is -0.489 e. The summed E-state index contributed by atoms with van der Waals surface area (Å²) in [7, 11) is -1.86. The number of amides is 1. The number of sulfone groups is 1. The highest BCUT2D eigenvalue weighted by atomic mass is 32.2. The van der Waals surface area contributed by atoms with Crippen LogP contribution in [0.25, 0.3) is 0 Å². The molecule has 2 aliphatic heterocycles. The van der Waals surface area contributed by atoms with Crippen LogP contribution in [0.2, 0.25) is 0 Å². The fourth-order valence-electron chi connectivity index (χ4n) is 3.53. The smallest absolute Gasteiger partial charge is 0.410 e. The summed E-state index contributed by atoms with van der Waals surface area (Å²) in [5, 5.41) is 3.31. The lowest BCUT2D eigenvalue weighted by molar-refractivity contribution is 0.0500. The van der Waals surface area contributed by atoms with Crippen LogP contribution in [0.5, 0.6) is 11.6 Å². The number of ether oxygens (including phenoxy) is 3. The van der Waals surface area contributed by atoms with Crippen LogP contribution in [0.15, 0.2) is 23.0 Å². The number of aliphatic imine (C=N–C) groups is 1. The van der Waals surface area contributed by atoms with Gasteiger partial charge in [-0.1, -0.05) is 0 Å². The lowest BCUT2D eigenvalue weighted by atomic mass is 10.1. The normalized spacial score (nSPS) is 19.6. The third kappa shape index (κ3) is 6.34. The van der Waals surface area contributed by atoms with Gasteiger partial charge < -0.3 is 24.4 Å². The monoisotopic (exact) mass is 481 g/mol. The molecule has 3 heterocycles. The number of hydrogen-bond acceptors (Lipinski definition) is 10. The zero-order valence-corrected chi connectivity index (χ0v) is 20.4. The van der Waals surface area contributed by atoms with Crippen molar-refractivity contribution >= 4 is 26.8 Å². The predicted octanol–water partition coefficient (Wildman–Crippen LogP) is 2.06. The first kappa shape index (κ1) is 24.7. The molecule has 3 rings (SSSR count). The molecule has 0 saturated carbocycles. The molecule has 12 heteroatoms. The van der Waals surface area contributed by atoms with Gasteiger partial charge in [0, 0.05) is 32.2 Å². The van der Waals surface area contributed by atoms with Crippen LogP contribution in [-0.4, -0.2) is 85.7 Å². The first-order chi connectivity index (χ1) is 15.6. The van der Waals surface area contributed by atoms with E-state index in [2.05, 4.69) is 20.3 Å². The van der Waals surface area contributed by atoms with Gasteiger partial charge in [-0.3, -0.25) is 4.99 Å². The lowest BCUT2D eigenvalue weighted by Gasteiger charge is -2.32. The van der Waals surface area contributed by atoms with E-state index in [1.807, 2.05) is 20.8 Å². The third-order valence-electron chi connectivity index (χ3n) is 5.31. The molecule has 1 amide bonds. The van der Waals surface area contributed by atoms with Crippen molar-refractivity contribution in [1.82, 2.24) is 14.9 Å². The van der Waals surface area contributed by atoms with Crippen molar-refractivity contribution < 1.29 is 27.4 Å². The van der Waals surface area contributed by atoms with Crippen molar-refractivity contribution in [2.75, 3.05) is 38.3 Å². The van der Waals surface area contributed by atoms with Crippen molar-refractivity contribution in [3.05, 3.63) is 18.0 Å². The quantitative estimate of drug-likeness (QED) is 0.648. The summed E-state index contributed by atoms with van der Waals surface area (Å²) in [4.78, 5) is 26.4. The number of methoxy groups -OCH3 is 1. The van der Waals surface area contributed by atoms with Gasteiger partial charge in [-0.25, -0.2) is 18.2 Å². The van der Waals surface area contributed by atoms with E-state index in [4.69, 9.17) is 14.2 Å². The van der Waals surface area contributed by atoms with E-state index in [9.17, 15) is 13.2 Å². The predicted molar refractivity (Wildman–Crippen MR) is 124 cm³/mol. The van der Waals surface area contributed by atoms with Crippen LogP contribution < -0.4 is 14.8 Å². The van der Waals surface area contributed by atoms with Crippen LogP contribution in [-0.2, 0) is 14.6 Å². The summed E-state index contributed by atoms with van der Waals surface area (Å²) in [5.41, 5.74) is 0.814. The molecular weight excluding hydrogens is 450 g/mol. The molecule has 11 nitrogen and oxygen atoms in total. The Hall–Kier alpha value is -2.89. The first-order valence-corrected chi connectivity index (χ1v) is 12.7. The first-order valence-electron chi connectivity index (χ1n) is 10.8. The Labute approximate surface area is 194 Å². The van der Waals surface area contributed by atoms with Crippen molar-refractivity contribution in [2.24, 2.45) is 4.99 Å². The van der Waals surface area contributed by atoms with Crippen molar-refractivity contribution in [3.8, 4) is 11.6 Å². The van der Waals surface area contributed by atoms with Gasteiger partial charge in [-0.2, -0.15) is 4.98 Å². The summed E-state index contributed by atoms with van der Waals surface area (Å²) in [6, 6.07) is -0.248. The van der Waals surface area contributed by atoms with E-state index in [0.29, 0.717) is 43.4 Å². The van der Waals surface area contributed by atoms with Crippen LogP contribution in [0.3, 0.4) is 0 Å². The number of aromatic nitrogens is 2. The van der Waals surface area contributed by atoms with Gasteiger partial charge in [0.05, 0.1) is 25.8 Å².